The van der Waals surface area contributed by atoms with Gasteiger partial charge in [-0.2, -0.15) is 0 Å². The number of hydrogen-bond donors (Lipinski definition) is 3. The number of hydrogen-bond acceptors (Lipinski definition) is 6. The molecule has 9 heteroatoms. The highest BCUT2D eigenvalue weighted by Crippen LogP contribution is 2.09. The lowest BCUT2D eigenvalue weighted by atomic mass is 10.2. The van der Waals surface area contributed by atoms with Gasteiger partial charge in [-0.3, -0.25) is 4.98 Å². The van der Waals surface area contributed by atoms with Gasteiger partial charge < -0.3 is 16.0 Å². The third-order valence-electron chi connectivity index (χ3n) is 3.91. The Hall–Kier alpha value is -2.28. The minimum atomic E-state index is 0. The van der Waals surface area contributed by atoms with E-state index in [9.17, 15) is 0 Å². The topological polar surface area (TPSA) is 74.8 Å². The number of pyridine rings is 3. The van der Waals surface area contributed by atoms with E-state index in [1.54, 1.807) is 0 Å². The highest BCUT2D eigenvalue weighted by atomic mass is 35.5. The first kappa shape index (κ1) is 26.7. The van der Waals surface area contributed by atoms with Gasteiger partial charge in [-0.15, -0.1) is 37.2 Å². The molecular weight excluding hydrogens is 431 g/mol. The van der Waals surface area contributed by atoms with Gasteiger partial charge in [-0.1, -0.05) is 18.2 Å². The average molecular weight is 458 g/mol. The molecule has 0 atom stereocenters. The molecule has 0 spiro atoms. The molecule has 0 bridgehead atoms. The lowest BCUT2D eigenvalue weighted by molar-refractivity contribution is 0.929. The Kier molecular flexibility index (Phi) is 13.5. The van der Waals surface area contributed by atoms with Crippen LogP contribution in [0.1, 0.15) is 11.4 Å². The van der Waals surface area contributed by atoms with Crippen LogP contribution < -0.4 is 16.0 Å². The molecule has 0 aliphatic heterocycles. The highest BCUT2D eigenvalue weighted by molar-refractivity contribution is 5.86. The van der Waals surface area contributed by atoms with Gasteiger partial charge in [0, 0.05) is 50.6 Å². The Balaban J connectivity index is 0.00000261. The number of halogens is 3. The summed E-state index contributed by atoms with van der Waals surface area (Å²) in [7, 11) is 1.86. The second kappa shape index (κ2) is 14.7. The number of rotatable bonds is 9. The van der Waals surface area contributed by atoms with Crippen LogP contribution in [0.15, 0.2) is 60.8 Å². The van der Waals surface area contributed by atoms with Crippen LogP contribution in [0.3, 0.4) is 0 Å². The zero-order chi connectivity index (χ0) is 18.0. The molecule has 0 aromatic carbocycles. The molecule has 0 unspecified atom stereocenters. The summed E-state index contributed by atoms with van der Waals surface area (Å²) >= 11 is 0. The third-order valence-corrected chi connectivity index (χ3v) is 3.91. The van der Waals surface area contributed by atoms with Gasteiger partial charge in [0.1, 0.15) is 17.5 Å². The SMILES string of the molecule is CNc1cccc(NCCc2cccc(NCCc3ccccn3)n2)n1.Cl.Cl.Cl. The van der Waals surface area contributed by atoms with E-state index in [2.05, 4.69) is 30.9 Å². The number of nitrogens with zero attached hydrogens (tertiary/aromatic N) is 3. The maximum absolute atomic E-state index is 4.66. The van der Waals surface area contributed by atoms with Crippen molar-refractivity contribution >= 4 is 54.7 Å². The van der Waals surface area contributed by atoms with Crippen molar-refractivity contribution in [2.24, 2.45) is 0 Å². The molecule has 3 heterocycles. The van der Waals surface area contributed by atoms with Crippen molar-refractivity contribution in [3.63, 3.8) is 0 Å². The van der Waals surface area contributed by atoms with Crippen LogP contribution in [0.4, 0.5) is 17.5 Å². The lowest BCUT2D eigenvalue weighted by Gasteiger charge is -2.09. The zero-order valence-electron chi connectivity index (χ0n) is 16.2. The summed E-state index contributed by atoms with van der Waals surface area (Å²) in [5.41, 5.74) is 2.13. The first-order valence-electron chi connectivity index (χ1n) is 8.82. The molecule has 0 fully saturated rings. The van der Waals surface area contributed by atoms with Crippen molar-refractivity contribution < 1.29 is 0 Å². The normalized spacial score (nSPS) is 9.28. The summed E-state index contributed by atoms with van der Waals surface area (Å²) in [4.78, 5) is 13.4. The standard InChI is InChI=1S/C20H24N6.3ClH/c1-21-18-8-5-10-20(26-18)24-15-12-17-7-4-9-19(25-17)23-14-11-16-6-2-3-13-22-16;;;/h2-10,13H,11-12,14-15H2,1H3,(H,23,25)(H2,21,24,26);3*1H. The molecule has 3 aromatic heterocycles. The van der Waals surface area contributed by atoms with E-state index in [4.69, 9.17) is 0 Å². The molecule has 0 aliphatic rings. The van der Waals surface area contributed by atoms with E-state index in [0.29, 0.717) is 0 Å². The summed E-state index contributed by atoms with van der Waals surface area (Å²) in [5, 5.41) is 9.73. The largest absolute Gasteiger partial charge is 0.373 e. The number of anilines is 3. The monoisotopic (exact) mass is 456 g/mol. The van der Waals surface area contributed by atoms with E-state index >= 15 is 0 Å². The summed E-state index contributed by atoms with van der Waals surface area (Å²) in [6.07, 6.45) is 3.53. The number of aromatic nitrogens is 3. The van der Waals surface area contributed by atoms with Crippen LogP contribution in [-0.2, 0) is 12.8 Å². The average Bonchev–Trinajstić information content (AvgIpc) is 2.69. The molecule has 6 nitrogen and oxygen atoms in total. The van der Waals surface area contributed by atoms with E-state index in [0.717, 1.165) is 54.8 Å². The van der Waals surface area contributed by atoms with Gasteiger partial charge in [0.25, 0.3) is 0 Å². The molecule has 3 N–H and O–H groups in total. The minimum Gasteiger partial charge on any atom is -0.373 e. The summed E-state index contributed by atoms with van der Waals surface area (Å²) in [6, 6.07) is 17.9. The van der Waals surface area contributed by atoms with Crippen molar-refractivity contribution in [1.82, 2.24) is 15.0 Å². The van der Waals surface area contributed by atoms with Crippen LogP contribution in [0.5, 0.6) is 0 Å². The third kappa shape index (κ3) is 9.17. The van der Waals surface area contributed by atoms with Crippen LogP contribution in [-0.4, -0.2) is 35.1 Å². The Morgan fingerprint density at radius 3 is 1.90 bits per heavy atom. The van der Waals surface area contributed by atoms with Crippen molar-refractivity contribution in [2.75, 3.05) is 36.1 Å². The minimum absolute atomic E-state index is 0. The molecule has 158 valence electrons. The van der Waals surface area contributed by atoms with Crippen LogP contribution in [0.25, 0.3) is 0 Å². The van der Waals surface area contributed by atoms with Gasteiger partial charge in [0.05, 0.1) is 0 Å². The molecule has 3 aromatic rings. The molecule has 29 heavy (non-hydrogen) atoms. The molecule has 0 saturated carbocycles. The maximum Gasteiger partial charge on any atom is 0.128 e. The Bertz CT molecular complexity index is 820. The summed E-state index contributed by atoms with van der Waals surface area (Å²) < 4.78 is 0. The van der Waals surface area contributed by atoms with Crippen LogP contribution >= 0.6 is 37.2 Å². The van der Waals surface area contributed by atoms with Gasteiger partial charge in [-0.05, 0) is 36.4 Å². The summed E-state index contributed by atoms with van der Waals surface area (Å²) in [6.45, 7) is 1.59. The Morgan fingerprint density at radius 2 is 1.24 bits per heavy atom. The fraction of sp³-hybridized carbons (Fsp3) is 0.250. The van der Waals surface area contributed by atoms with E-state index in [1.165, 1.54) is 0 Å². The fourth-order valence-electron chi connectivity index (χ4n) is 2.57. The van der Waals surface area contributed by atoms with Gasteiger partial charge in [-0.25, -0.2) is 9.97 Å². The zero-order valence-corrected chi connectivity index (χ0v) is 18.6. The lowest BCUT2D eigenvalue weighted by Crippen LogP contribution is -2.10. The van der Waals surface area contributed by atoms with E-state index in [-0.39, 0.29) is 37.2 Å². The first-order valence-corrected chi connectivity index (χ1v) is 8.82. The van der Waals surface area contributed by atoms with Gasteiger partial charge >= 0.3 is 0 Å². The van der Waals surface area contributed by atoms with E-state index < -0.39 is 0 Å². The molecule has 0 radical (unpaired) electrons. The molecule has 0 saturated heterocycles. The van der Waals surface area contributed by atoms with E-state index in [1.807, 2.05) is 67.8 Å². The van der Waals surface area contributed by atoms with Crippen molar-refractivity contribution in [1.29, 1.82) is 0 Å². The fourth-order valence-corrected chi connectivity index (χ4v) is 2.57. The Labute approximate surface area is 190 Å². The predicted octanol–water partition coefficient (Wildman–Crippen LogP) is 4.49. The molecular formula is C20H27Cl3N6. The molecule has 3 rings (SSSR count). The maximum atomic E-state index is 4.66. The second-order valence-electron chi connectivity index (χ2n) is 5.85. The Morgan fingerprint density at radius 1 is 0.655 bits per heavy atom. The number of nitrogens with one attached hydrogen (secondary N) is 3. The first-order chi connectivity index (χ1) is 12.8. The highest BCUT2D eigenvalue weighted by Gasteiger charge is 2.00. The smallest absolute Gasteiger partial charge is 0.128 e. The van der Waals surface area contributed by atoms with Crippen molar-refractivity contribution in [2.45, 2.75) is 12.8 Å². The van der Waals surface area contributed by atoms with Crippen molar-refractivity contribution in [3.05, 3.63) is 72.2 Å². The van der Waals surface area contributed by atoms with Gasteiger partial charge in [0.2, 0.25) is 0 Å². The molecule has 0 amide bonds. The summed E-state index contributed by atoms with van der Waals surface area (Å²) in [5.74, 6) is 2.61. The quantitative estimate of drug-likeness (QED) is 0.440. The second-order valence-corrected chi connectivity index (χ2v) is 5.85. The van der Waals surface area contributed by atoms with Gasteiger partial charge in [0.15, 0.2) is 0 Å². The van der Waals surface area contributed by atoms with Crippen molar-refractivity contribution in [3.8, 4) is 0 Å². The predicted molar refractivity (Wildman–Crippen MR) is 128 cm³/mol. The molecule has 0 aliphatic carbocycles. The van der Waals surface area contributed by atoms with Crippen LogP contribution in [0.2, 0.25) is 0 Å². The van der Waals surface area contributed by atoms with Crippen LogP contribution in [0, 0.1) is 0 Å².